The Morgan fingerprint density at radius 2 is 1.47 bits per heavy atom. The molecule has 0 atom stereocenters. The summed E-state index contributed by atoms with van der Waals surface area (Å²) >= 11 is 0. The molecule has 2 amide bonds. The topological polar surface area (TPSA) is 97.4 Å². The molecule has 0 radical (unpaired) electrons. The number of amides is 2. The molecule has 1 N–H and O–H groups in total. The van der Waals surface area contributed by atoms with Crippen LogP contribution in [0, 0.1) is 0 Å². The number of carbonyl (C=O) groups excluding carboxylic acids is 3. The average molecular weight is 518 g/mol. The summed E-state index contributed by atoms with van der Waals surface area (Å²) in [5.41, 5.74) is 2.57. The van der Waals surface area contributed by atoms with E-state index in [9.17, 15) is 14.4 Å². The molecule has 0 bridgehead atoms. The van der Waals surface area contributed by atoms with Crippen LogP contribution < -0.4 is 19.7 Å². The van der Waals surface area contributed by atoms with Gasteiger partial charge in [-0.05, 0) is 55.5 Å². The first kappa shape index (κ1) is 26.5. The Morgan fingerprint density at radius 1 is 0.789 bits per heavy atom. The highest BCUT2D eigenvalue weighted by Crippen LogP contribution is 2.31. The minimum Gasteiger partial charge on any atom is -0.493 e. The summed E-state index contributed by atoms with van der Waals surface area (Å²) in [4.78, 5) is 42.4. The predicted molar refractivity (Wildman–Crippen MR) is 144 cm³/mol. The second kappa shape index (κ2) is 12.1. The quantitative estimate of drug-likeness (QED) is 0.450. The van der Waals surface area contributed by atoms with Crippen molar-refractivity contribution < 1.29 is 28.6 Å². The van der Waals surface area contributed by atoms with Gasteiger partial charge in [0, 0.05) is 37.3 Å². The fourth-order valence-electron chi connectivity index (χ4n) is 4.34. The van der Waals surface area contributed by atoms with Crippen molar-refractivity contribution in [3.63, 3.8) is 0 Å². The van der Waals surface area contributed by atoms with Crippen molar-refractivity contribution in [2.45, 2.75) is 6.92 Å². The Kier molecular flexibility index (Phi) is 8.47. The number of hydrogen-bond donors (Lipinski definition) is 1. The Hall–Kier alpha value is -4.53. The van der Waals surface area contributed by atoms with Gasteiger partial charge in [0.1, 0.15) is 0 Å². The van der Waals surface area contributed by atoms with E-state index in [4.69, 9.17) is 14.2 Å². The molecule has 1 aliphatic heterocycles. The van der Waals surface area contributed by atoms with Crippen molar-refractivity contribution in [2.75, 3.05) is 57.2 Å². The van der Waals surface area contributed by atoms with Crippen LogP contribution in [0.1, 0.15) is 38.0 Å². The van der Waals surface area contributed by atoms with Crippen molar-refractivity contribution in [1.82, 2.24) is 4.90 Å². The van der Waals surface area contributed by atoms with E-state index in [0.29, 0.717) is 60.1 Å². The number of anilines is 2. The summed E-state index contributed by atoms with van der Waals surface area (Å²) in [6.45, 7) is 4.16. The van der Waals surface area contributed by atoms with Crippen LogP contribution in [0.25, 0.3) is 0 Å². The molecule has 3 aromatic rings. The van der Waals surface area contributed by atoms with Crippen molar-refractivity contribution >= 4 is 29.2 Å². The molecule has 9 nitrogen and oxygen atoms in total. The van der Waals surface area contributed by atoms with E-state index in [0.717, 1.165) is 5.69 Å². The van der Waals surface area contributed by atoms with Crippen molar-refractivity contribution in [3.8, 4) is 11.5 Å². The number of rotatable bonds is 8. The number of hydrogen-bond acceptors (Lipinski definition) is 7. The minimum atomic E-state index is -0.473. The molecular formula is C29H31N3O6. The highest BCUT2D eigenvalue weighted by Gasteiger charge is 2.25. The first-order valence-corrected chi connectivity index (χ1v) is 12.4. The highest BCUT2D eigenvalue weighted by molar-refractivity contribution is 6.07. The van der Waals surface area contributed by atoms with E-state index in [1.807, 2.05) is 35.2 Å². The van der Waals surface area contributed by atoms with Crippen LogP contribution in [0.4, 0.5) is 11.4 Å². The lowest BCUT2D eigenvalue weighted by Crippen LogP contribution is -2.49. The molecule has 1 aliphatic rings. The molecule has 198 valence electrons. The average Bonchev–Trinajstić information content (AvgIpc) is 2.97. The monoisotopic (exact) mass is 517 g/mol. The zero-order chi connectivity index (χ0) is 27.1. The molecule has 9 heteroatoms. The molecule has 3 aromatic carbocycles. The molecule has 0 unspecified atom stereocenters. The van der Waals surface area contributed by atoms with Gasteiger partial charge in [0.2, 0.25) is 0 Å². The lowest BCUT2D eigenvalue weighted by molar-refractivity contribution is 0.0526. The lowest BCUT2D eigenvalue weighted by Gasteiger charge is -2.37. The number of ether oxygens (including phenoxy) is 3. The van der Waals surface area contributed by atoms with E-state index in [-0.39, 0.29) is 18.4 Å². The number of nitrogens with zero attached hydrogens (tertiary/aromatic N) is 2. The zero-order valence-electron chi connectivity index (χ0n) is 21.7. The zero-order valence-corrected chi connectivity index (χ0v) is 21.7. The third-order valence-corrected chi connectivity index (χ3v) is 6.33. The Bertz CT molecular complexity index is 1300. The van der Waals surface area contributed by atoms with Crippen molar-refractivity contribution in [3.05, 3.63) is 83.4 Å². The summed E-state index contributed by atoms with van der Waals surface area (Å²) in [5, 5.41) is 2.94. The van der Waals surface area contributed by atoms with Crippen LogP contribution >= 0.6 is 0 Å². The van der Waals surface area contributed by atoms with Crippen molar-refractivity contribution in [2.24, 2.45) is 0 Å². The standard InChI is InChI=1S/C29H31N3O6/c1-4-38-29(35)22-10-12-24(31-14-16-32(17-15-31)28(34)20-8-6-5-7-9-20)23(18-22)30-27(33)21-11-13-25(36-2)26(19-21)37-3/h5-13,18-19H,4,14-17H2,1-3H3,(H,30,33). The van der Waals surface area contributed by atoms with Crippen LogP contribution in [0.5, 0.6) is 11.5 Å². The van der Waals surface area contributed by atoms with Crippen LogP contribution in [0.2, 0.25) is 0 Å². The minimum absolute atomic E-state index is 0.00936. The first-order valence-electron chi connectivity index (χ1n) is 12.4. The maximum Gasteiger partial charge on any atom is 0.338 e. The van der Waals surface area contributed by atoms with Gasteiger partial charge in [-0.2, -0.15) is 0 Å². The van der Waals surface area contributed by atoms with E-state index >= 15 is 0 Å². The van der Waals surface area contributed by atoms with Gasteiger partial charge in [0.25, 0.3) is 11.8 Å². The summed E-state index contributed by atoms with van der Waals surface area (Å²) in [7, 11) is 3.03. The molecule has 38 heavy (non-hydrogen) atoms. The second-order valence-corrected chi connectivity index (χ2v) is 8.62. The van der Waals surface area contributed by atoms with Gasteiger partial charge in [-0.3, -0.25) is 9.59 Å². The predicted octanol–water partition coefficient (Wildman–Crippen LogP) is 4.10. The van der Waals surface area contributed by atoms with Crippen LogP contribution in [-0.2, 0) is 4.74 Å². The SMILES string of the molecule is CCOC(=O)c1ccc(N2CCN(C(=O)c3ccccc3)CC2)c(NC(=O)c2ccc(OC)c(OC)c2)c1. The fourth-order valence-corrected chi connectivity index (χ4v) is 4.34. The van der Waals surface area contributed by atoms with Gasteiger partial charge in [-0.15, -0.1) is 0 Å². The molecule has 0 spiro atoms. The van der Waals surface area contributed by atoms with Gasteiger partial charge in [-0.25, -0.2) is 4.79 Å². The molecule has 0 saturated carbocycles. The van der Waals surface area contributed by atoms with Crippen LogP contribution in [0.3, 0.4) is 0 Å². The second-order valence-electron chi connectivity index (χ2n) is 8.62. The van der Waals surface area contributed by atoms with E-state index in [1.54, 1.807) is 43.3 Å². The summed E-state index contributed by atoms with van der Waals surface area (Å²) < 4.78 is 15.7. The van der Waals surface area contributed by atoms with Gasteiger partial charge in [-0.1, -0.05) is 18.2 Å². The van der Waals surface area contributed by atoms with E-state index in [1.165, 1.54) is 14.2 Å². The molecule has 0 aliphatic carbocycles. The molecule has 1 fully saturated rings. The van der Waals surface area contributed by atoms with E-state index in [2.05, 4.69) is 10.2 Å². The third-order valence-electron chi connectivity index (χ3n) is 6.33. The Balaban J connectivity index is 1.56. The maximum atomic E-state index is 13.2. The fraction of sp³-hybridized carbons (Fsp3) is 0.276. The van der Waals surface area contributed by atoms with Gasteiger partial charge < -0.3 is 29.3 Å². The molecule has 0 aromatic heterocycles. The molecular weight excluding hydrogens is 486 g/mol. The number of piperazine rings is 1. The van der Waals surface area contributed by atoms with Gasteiger partial charge >= 0.3 is 5.97 Å². The number of methoxy groups -OCH3 is 2. The van der Waals surface area contributed by atoms with Gasteiger partial charge in [0.15, 0.2) is 11.5 Å². The molecule has 4 rings (SSSR count). The lowest BCUT2D eigenvalue weighted by atomic mass is 10.1. The van der Waals surface area contributed by atoms with Crippen LogP contribution in [0.15, 0.2) is 66.7 Å². The normalized spacial score (nSPS) is 13.0. The largest absolute Gasteiger partial charge is 0.493 e. The summed E-state index contributed by atoms with van der Waals surface area (Å²) in [5.74, 6) is 0.0896. The smallest absolute Gasteiger partial charge is 0.338 e. The maximum absolute atomic E-state index is 13.2. The number of carbonyl (C=O) groups is 3. The number of benzene rings is 3. The van der Waals surface area contributed by atoms with Gasteiger partial charge in [0.05, 0.1) is 37.8 Å². The molecule has 1 saturated heterocycles. The number of esters is 1. The van der Waals surface area contributed by atoms with Crippen LogP contribution in [-0.4, -0.2) is 69.7 Å². The number of nitrogens with one attached hydrogen (secondary N) is 1. The third kappa shape index (κ3) is 5.88. The summed E-state index contributed by atoms with van der Waals surface area (Å²) in [6.07, 6.45) is 0. The van der Waals surface area contributed by atoms with Crippen molar-refractivity contribution in [1.29, 1.82) is 0 Å². The molecule has 1 heterocycles. The van der Waals surface area contributed by atoms with E-state index < -0.39 is 5.97 Å². The summed E-state index contributed by atoms with van der Waals surface area (Å²) in [6, 6.07) is 19.2. The first-order chi connectivity index (χ1) is 18.4. The Labute approximate surface area is 221 Å². The Morgan fingerprint density at radius 3 is 2.13 bits per heavy atom. The highest BCUT2D eigenvalue weighted by atomic mass is 16.5.